The molecule has 3 nitrogen and oxygen atoms in total. The minimum Gasteiger partial charge on any atom is -0.376 e. The van der Waals surface area contributed by atoms with E-state index in [0.717, 1.165) is 17.1 Å². The Morgan fingerprint density at radius 2 is 0.786 bits per heavy atom. The highest BCUT2D eigenvalue weighted by molar-refractivity contribution is 6.96. The number of fused-ring (bicyclic) bond motifs is 16. The van der Waals surface area contributed by atoms with Crippen LogP contribution in [0.2, 0.25) is 0 Å². The van der Waals surface area contributed by atoms with Crippen molar-refractivity contribution >= 4 is 75.4 Å². The number of hydrogen-bond donors (Lipinski definition) is 0. The van der Waals surface area contributed by atoms with Gasteiger partial charge in [-0.25, -0.2) is 0 Å². The van der Waals surface area contributed by atoms with Gasteiger partial charge in [0.25, 0.3) is 0 Å². The summed E-state index contributed by atoms with van der Waals surface area (Å²) in [5.41, 5.74) is 25.7. The van der Waals surface area contributed by atoms with E-state index in [1.807, 2.05) is 0 Å². The molecule has 4 aliphatic heterocycles. The van der Waals surface area contributed by atoms with Crippen molar-refractivity contribution < 1.29 is 0 Å². The first kappa shape index (κ1) is 31.6. The Kier molecular flexibility index (Phi) is 6.58. The van der Waals surface area contributed by atoms with Crippen LogP contribution in [0.25, 0.3) is 33.4 Å². The summed E-state index contributed by atoms with van der Waals surface area (Å²) in [7, 11) is 0. The van der Waals surface area contributed by atoms with Crippen molar-refractivity contribution in [3.63, 3.8) is 0 Å². The van der Waals surface area contributed by atoms with E-state index in [1.54, 1.807) is 0 Å². The van der Waals surface area contributed by atoms with Gasteiger partial charge in [-0.15, -0.1) is 0 Å². The molecule has 0 unspecified atom stereocenters. The Balaban J connectivity index is 1.12. The van der Waals surface area contributed by atoms with E-state index in [0.29, 0.717) is 0 Å². The van der Waals surface area contributed by atoms with Crippen LogP contribution in [-0.2, 0) is 0 Å². The van der Waals surface area contributed by atoms with Crippen molar-refractivity contribution in [3.05, 3.63) is 187 Å². The van der Waals surface area contributed by atoms with Gasteiger partial charge in [0.2, 0.25) is 0 Å². The standard InChI is InChI=1S/C51H37B2N3/c1-32-20-24-42-38(28-32)40-29-33(2)21-26-46(40)55-48-18-11-17-45-51(48)50-44(52(42)55)16-10-19-49(50)56-47-27-22-34(3)30-41(47)39-31-37(23-25-43(39)53(45)56)54(35-12-6-4-7-13-35)36-14-8-5-9-15-36/h4-31H,1-3H3. The molecule has 0 aliphatic carbocycles. The van der Waals surface area contributed by atoms with Crippen LogP contribution in [0.5, 0.6) is 0 Å². The number of aryl methyl sites for hydroxylation is 3. The van der Waals surface area contributed by atoms with Crippen molar-refractivity contribution in [1.29, 1.82) is 0 Å². The number of rotatable bonds is 3. The molecule has 8 aromatic carbocycles. The summed E-state index contributed by atoms with van der Waals surface area (Å²) in [6, 6.07) is 63.9. The normalized spacial score (nSPS) is 13.5. The van der Waals surface area contributed by atoms with Crippen LogP contribution in [0.4, 0.5) is 39.8 Å². The number of nitrogens with zero attached hydrogens (tertiary/aromatic N) is 3. The van der Waals surface area contributed by atoms with Crippen LogP contribution in [0.1, 0.15) is 16.7 Å². The summed E-state index contributed by atoms with van der Waals surface area (Å²) < 4.78 is 0. The molecule has 4 aliphatic rings. The van der Waals surface area contributed by atoms with Gasteiger partial charge in [-0.05, 0) is 127 Å². The molecular formula is C51H37B2N3. The maximum absolute atomic E-state index is 2.65. The first-order chi connectivity index (χ1) is 27.5. The van der Waals surface area contributed by atoms with Crippen molar-refractivity contribution in [2.24, 2.45) is 0 Å². The van der Waals surface area contributed by atoms with Gasteiger partial charge in [-0.2, -0.15) is 0 Å². The second kappa shape index (κ2) is 11.6. The van der Waals surface area contributed by atoms with Crippen LogP contribution < -0.4 is 36.4 Å². The molecule has 0 aromatic heterocycles. The van der Waals surface area contributed by atoms with Crippen molar-refractivity contribution in [2.75, 3.05) is 14.5 Å². The molecule has 5 heteroatoms. The molecule has 56 heavy (non-hydrogen) atoms. The fourth-order valence-electron chi connectivity index (χ4n) is 10.3. The third-order valence-electron chi connectivity index (χ3n) is 12.5. The highest BCUT2D eigenvalue weighted by Gasteiger charge is 2.50. The van der Waals surface area contributed by atoms with Gasteiger partial charge in [-0.3, -0.25) is 0 Å². The lowest BCUT2D eigenvalue weighted by Gasteiger charge is -2.50. The summed E-state index contributed by atoms with van der Waals surface area (Å²) in [6.07, 6.45) is 0. The Hall–Kier alpha value is -6.71. The first-order valence-electron chi connectivity index (χ1n) is 19.7. The second-order valence-corrected chi connectivity index (χ2v) is 15.9. The highest BCUT2D eigenvalue weighted by Crippen LogP contribution is 2.53. The Morgan fingerprint density at radius 1 is 0.339 bits per heavy atom. The molecule has 0 N–H and O–H groups in total. The zero-order chi connectivity index (χ0) is 37.2. The predicted octanol–water partition coefficient (Wildman–Crippen LogP) is 10.2. The summed E-state index contributed by atoms with van der Waals surface area (Å²) in [5, 5.41) is 0. The van der Waals surface area contributed by atoms with Crippen LogP contribution >= 0.6 is 0 Å². The average molecular weight is 714 g/mol. The van der Waals surface area contributed by atoms with Crippen molar-refractivity contribution in [1.82, 2.24) is 0 Å². The van der Waals surface area contributed by atoms with Gasteiger partial charge in [-0.1, -0.05) is 114 Å². The molecule has 8 aromatic rings. The maximum atomic E-state index is 2.65. The van der Waals surface area contributed by atoms with Crippen LogP contribution in [0.15, 0.2) is 170 Å². The fraction of sp³-hybridized carbons (Fsp3) is 0.0588. The Bertz CT molecular complexity index is 2900. The average Bonchev–Trinajstić information content (AvgIpc) is 3.23. The van der Waals surface area contributed by atoms with E-state index in [4.69, 9.17) is 0 Å². The topological polar surface area (TPSA) is 9.72 Å². The zero-order valence-corrected chi connectivity index (χ0v) is 31.7. The fourth-order valence-corrected chi connectivity index (χ4v) is 10.3. The van der Waals surface area contributed by atoms with E-state index in [9.17, 15) is 0 Å². The van der Waals surface area contributed by atoms with E-state index in [2.05, 4.69) is 205 Å². The lowest BCUT2D eigenvalue weighted by Crippen LogP contribution is -2.65. The molecule has 12 rings (SSSR count). The number of anilines is 7. The molecule has 0 bridgehead atoms. The molecule has 0 fully saturated rings. The van der Waals surface area contributed by atoms with Gasteiger partial charge < -0.3 is 14.5 Å². The molecule has 4 heterocycles. The minimum absolute atomic E-state index is 0.00243. The molecule has 0 amide bonds. The Morgan fingerprint density at radius 3 is 1.30 bits per heavy atom. The summed E-state index contributed by atoms with van der Waals surface area (Å²) in [5.74, 6) is 0. The molecule has 0 saturated carbocycles. The number of hydrogen-bond acceptors (Lipinski definition) is 3. The van der Waals surface area contributed by atoms with Crippen molar-refractivity contribution in [2.45, 2.75) is 20.8 Å². The van der Waals surface area contributed by atoms with Gasteiger partial charge >= 0.3 is 13.7 Å². The minimum atomic E-state index is 0.00243. The smallest absolute Gasteiger partial charge is 0.329 e. The van der Waals surface area contributed by atoms with Crippen LogP contribution in [0, 0.1) is 20.8 Å². The lowest BCUT2D eigenvalue weighted by molar-refractivity contribution is 1.28. The summed E-state index contributed by atoms with van der Waals surface area (Å²) >= 11 is 0. The van der Waals surface area contributed by atoms with E-state index in [-0.39, 0.29) is 13.7 Å². The SMILES string of the molecule is Cc1ccc2c(c1)-c1cc(C)ccc1N1B2c2cccc3c2-c2c(cccc21)B1c2ccc(N(c4ccccc4)c4ccccc4)cc2-c2cc(C)ccc2N13. The monoisotopic (exact) mass is 713 g/mol. The third-order valence-corrected chi connectivity index (χ3v) is 12.5. The van der Waals surface area contributed by atoms with Gasteiger partial charge in [0.15, 0.2) is 0 Å². The quantitative estimate of drug-likeness (QED) is 0.169. The molecule has 0 spiro atoms. The summed E-state index contributed by atoms with van der Waals surface area (Å²) in [6.45, 7) is 6.71. The zero-order valence-electron chi connectivity index (χ0n) is 31.7. The largest absolute Gasteiger partial charge is 0.376 e. The lowest BCUT2D eigenvalue weighted by atomic mass is 9.38. The number of benzene rings is 8. The molecule has 0 atom stereocenters. The van der Waals surface area contributed by atoms with Crippen LogP contribution in [0.3, 0.4) is 0 Å². The number of para-hydroxylation sites is 2. The van der Waals surface area contributed by atoms with Gasteiger partial charge in [0, 0.05) is 62.1 Å². The van der Waals surface area contributed by atoms with Gasteiger partial charge in [0.1, 0.15) is 0 Å². The second-order valence-electron chi connectivity index (χ2n) is 15.9. The molecular weight excluding hydrogens is 676 g/mol. The predicted molar refractivity (Wildman–Crippen MR) is 239 cm³/mol. The first-order valence-corrected chi connectivity index (χ1v) is 19.7. The van der Waals surface area contributed by atoms with Crippen LogP contribution in [-0.4, -0.2) is 13.7 Å². The highest BCUT2D eigenvalue weighted by atomic mass is 15.1. The molecule has 0 radical (unpaired) electrons. The molecule has 262 valence electrons. The van der Waals surface area contributed by atoms with Crippen molar-refractivity contribution in [3.8, 4) is 33.4 Å². The van der Waals surface area contributed by atoms with E-state index < -0.39 is 0 Å². The van der Waals surface area contributed by atoms with E-state index in [1.165, 1.54) is 94.7 Å². The summed E-state index contributed by atoms with van der Waals surface area (Å²) in [4.78, 5) is 7.68. The maximum Gasteiger partial charge on any atom is 0.329 e. The van der Waals surface area contributed by atoms with Gasteiger partial charge in [0.05, 0.1) is 0 Å². The molecule has 0 saturated heterocycles. The Labute approximate surface area is 329 Å². The third kappa shape index (κ3) is 4.31. The van der Waals surface area contributed by atoms with E-state index >= 15 is 0 Å².